The molecule has 0 saturated carbocycles. The van der Waals surface area contributed by atoms with Crippen LogP contribution in [0.15, 0.2) is 54.7 Å². The third-order valence-corrected chi connectivity index (χ3v) is 9.71. The first-order chi connectivity index (χ1) is 22.9. The number of hydrogen-bond acceptors (Lipinski definition) is 8. The van der Waals surface area contributed by atoms with Gasteiger partial charge in [-0.15, -0.1) is 6.42 Å². The number of hydrogen-bond donors (Lipinski definition) is 4. The van der Waals surface area contributed by atoms with Crippen LogP contribution < -0.4 is 25.4 Å². The SMILES string of the molecule is C#CC1CCCS(=O)(=O)NC(CCc2c(F)cccc2NC(=O)[C@@H](NC(=O)OC)[C@H](c2ccnc(OC)c2)c2ccc(Cl)c(F)c2)CN1. The van der Waals surface area contributed by atoms with Crippen molar-refractivity contribution < 1.29 is 36.3 Å². The van der Waals surface area contributed by atoms with Crippen LogP contribution in [0, 0.1) is 24.0 Å². The van der Waals surface area contributed by atoms with E-state index in [9.17, 15) is 22.4 Å². The largest absolute Gasteiger partial charge is 0.481 e. The molecular formula is C33H36ClF2N5O6S. The number of ether oxygens (including phenoxy) is 2. The normalized spacial score (nSPS) is 18.9. The molecule has 256 valence electrons. The molecule has 15 heteroatoms. The van der Waals surface area contributed by atoms with E-state index in [0.717, 1.165) is 13.2 Å². The topological polar surface area (TPSA) is 148 Å². The van der Waals surface area contributed by atoms with Crippen LogP contribution in [-0.2, 0) is 26.0 Å². The second-order valence-corrected chi connectivity index (χ2v) is 13.4. The second kappa shape index (κ2) is 16.7. The molecule has 4 atom stereocenters. The van der Waals surface area contributed by atoms with Crippen molar-refractivity contribution in [3.63, 3.8) is 0 Å². The Kier molecular flexibility index (Phi) is 12.7. The van der Waals surface area contributed by atoms with Gasteiger partial charge in [-0.1, -0.05) is 29.7 Å². The van der Waals surface area contributed by atoms with E-state index in [4.69, 9.17) is 27.5 Å². The van der Waals surface area contributed by atoms with Crippen molar-refractivity contribution in [2.24, 2.45) is 0 Å². The van der Waals surface area contributed by atoms with Crippen molar-refractivity contribution in [2.45, 2.75) is 49.7 Å². The van der Waals surface area contributed by atoms with Crippen molar-refractivity contribution in [3.05, 3.63) is 88.1 Å². The van der Waals surface area contributed by atoms with Gasteiger partial charge in [-0.05, 0) is 67.1 Å². The van der Waals surface area contributed by atoms with Crippen LogP contribution in [0.1, 0.15) is 41.9 Å². The molecule has 0 aliphatic carbocycles. The van der Waals surface area contributed by atoms with Gasteiger partial charge in [0.15, 0.2) is 0 Å². The average molecular weight is 704 g/mol. The van der Waals surface area contributed by atoms with Crippen LogP contribution in [0.5, 0.6) is 5.88 Å². The summed E-state index contributed by atoms with van der Waals surface area (Å²) in [4.78, 5) is 30.8. The summed E-state index contributed by atoms with van der Waals surface area (Å²) in [6.45, 7) is 0.212. The molecule has 1 aliphatic heterocycles. The first kappa shape index (κ1) is 36.5. The van der Waals surface area contributed by atoms with Crippen LogP contribution in [0.3, 0.4) is 0 Å². The molecule has 2 heterocycles. The Morgan fingerprint density at radius 3 is 2.62 bits per heavy atom. The minimum atomic E-state index is -3.61. The van der Waals surface area contributed by atoms with Gasteiger partial charge in [-0.25, -0.2) is 31.7 Å². The second-order valence-electron chi connectivity index (χ2n) is 11.1. The minimum Gasteiger partial charge on any atom is -0.481 e. The predicted octanol–water partition coefficient (Wildman–Crippen LogP) is 4.12. The lowest BCUT2D eigenvalue weighted by Crippen LogP contribution is -2.48. The molecule has 1 aliphatic rings. The summed E-state index contributed by atoms with van der Waals surface area (Å²) < 4.78 is 68.1. The van der Waals surface area contributed by atoms with Crippen molar-refractivity contribution in [2.75, 3.05) is 31.8 Å². The van der Waals surface area contributed by atoms with E-state index in [1.807, 2.05) is 0 Å². The number of rotatable bonds is 10. The highest BCUT2D eigenvalue weighted by atomic mass is 35.5. The fourth-order valence-corrected chi connectivity index (χ4v) is 6.97. The Hall–Kier alpha value is -4.29. The summed E-state index contributed by atoms with van der Waals surface area (Å²) >= 11 is 5.95. The number of pyridine rings is 1. The number of carbonyl (C=O) groups is 2. The predicted molar refractivity (Wildman–Crippen MR) is 177 cm³/mol. The summed E-state index contributed by atoms with van der Waals surface area (Å²) in [5.74, 6) is -0.501. The number of benzene rings is 2. The lowest BCUT2D eigenvalue weighted by Gasteiger charge is -2.28. The van der Waals surface area contributed by atoms with Gasteiger partial charge in [-0.3, -0.25) is 4.79 Å². The number of alkyl carbamates (subject to hydrolysis) is 1. The number of terminal acetylenes is 1. The Bertz CT molecular complexity index is 1770. The van der Waals surface area contributed by atoms with Gasteiger partial charge in [-0.2, -0.15) is 0 Å². The van der Waals surface area contributed by atoms with Crippen molar-refractivity contribution in [3.8, 4) is 18.2 Å². The average Bonchev–Trinajstić information content (AvgIpc) is 3.13. The molecule has 0 radical (unpaired) electrons. The fourth-order valence-electron chi connectivity index (χ4n) is 5.48. The zero-order valence-corrected chi connectivity index (χ0v) is 27.8. The van der Waals surface area contributed by atoms with E-state index in [0.29, 0.717) is 18.4 Å². The number of methoxy groups -OCH3 is 2. The number of halogens is 3. The van der Waals surface area contributed by atoms with Crippen molar-refractivity contribution >= 4 is 39.3 Å². The quantitative estimate of drug-likeness (QED) is 0.231. The maximum absolute atomic E-state index is 15.4. The molecule has 4 N–H and O–H groups in total. The van der Waals surface area contributed by atoms with Gasteiger partial charge in [0.1, 0.15) is 17.7 Å². The lowest BCUT2D eigenvalue weighted by atomic mass is 9.84. The summed E-state index contributed by atoms with van der Waals surface area (Å²) in [6.07, 6.45) is 7.12. The van der Waals surface area contributed by atoms with Crippen LogP contribution in [0.2, 0.25) is 5.02 Å². The Morgan fingerprint density at radius 1 is 1.15 bits per heavy atom. The number of aromatic nitrogens is 1. The summed E-state index contributed by atoms with van der Waals surface area (Å²) in [6, 6.07) is 8.81. The van der Waals surface area contributed by atoms with Crippen molar-refractivity contribution in [1.29, 1.82) is 0 Å². The molecular weight excluding hydrogens is 668 g/mol. The monoisotopic (exact) mass is 703 g/mol. The van der Waals surface area contributed by atoms with E-state index in [-0.39, 0.29) is 58.9 Å². The molecule has 3 aromatic rings. The molecule has 1 saturated heterocycles. The van der Waals surface area contributed by atoms with Crippen LogP contribution in [0.25, 0.3) is 0 Å². The zero-order chi connectivity index (χ0) is 34.8. The van der Waals surface area contributed by atoms with Gasteiger partial charge < -0.3 is 25.4 Å². The highest BCUT2D eigenvalue weighted by molar-refractivity contribution is 7.89. The highest BCUT2D eigenvalue weighted by Crippen LogP contribution is 2.33. The van der Waals surface area contributed by atoms with Gasteiger partial charge in [0.05, 0.1) is 31.0 Å². The maximum atomic E-state index is 15.4. The molecule has 1 fully saturated rings. The molecule has 0 bridgehead atoms. The van der Waals surface area contributed by atoms with Crippen molar-refractivity contribution in [1.82, 2.24) is 20.3 Å². The van der Waals surface area contributed by atoms with E-state index < -0.39 is 51.7 Å². The summed E-state index contributed by atoms with van der Waals surface area (Å²) in [7, 11) is -1.09. The molecule has 48 heavy (non-hydrogen) atoms. The third kappa shape index (κ3) is 9.63. The fraction of sp³-hybridized carbons (Fsp3) is 0.364. The third-order valence-electron chi connectivity index (χ3n) is 7.89. The highest BCUT2D eigenvalue weighted by Gasteiger charge is 2.34. The Labute approximate surface area is 283 Å². The number of nitrogens with zero attached hydrogens (tertiary/aromatic N) is 1. The van der Waals surface area contributed by atoms with E-state index in [1.165, 1.54) is 49.7 Å². The molecule has 11 nitrogen and oxygen atoms in total. The molecule has 0 spiro atoms. The standard InChI is InChI=1S/C33H36ClF2N5O6S/c1-4-22-7-6-16-48(44,45)41-23(19-38-22)11-12-24-26(35)8-5-9-28(24)39-32(42)31(40-33(43)47-3)30(20-10-13-25(34)27(36)17-20)21-14-15-37-29(18-21)46-2/h1,5,8-10,13-15,17-18,22-23,30-31,38,41H,6-7,11-12,16,19H2,2-3H3,(H,39,42)(H,40,43)/t22?,23?,30-,31-/m0/s1. The summed E-state index contributed by atoms with van der Waals surface area (Å²) in [5, 5.41) is 8.26. The molecule has 4 rings (SSSR count). The van der Waals surface area contributed by atoms with Crippen LogP contribution in [0.4, 0.5) is 19.3 Å². The van der Waals surface area contributed by atoms with E-state index in [2.05, 4.69) is 31.6 Å². The molecule has 2 amide bonds. The first-order valence-electron chi connectivity index (χ1n) is 15.0. The Morgan fingerprint density at radius 2 is 1.92 bits per heavy atom. The molecule has 2 unspecified atom stereocenters. The number of amides is 2. The first-order valence-corrected chi connectivity index (χ1v) is 17.0. The van der Waals surface area contributed by atoms with Gasteiger partial charge in [0, 0.05) is 42.0 Å². The molecule has 2 aromatic carbocycles. The van der Waals surface area contributed by atoms with Gasteiger partial charge in [0.25, 0.3) is 0 Å². The van der Waals surface area contributed by atoms with E-state index >= 15 is 4.39 Å². The van der Waals surface area contributed by atoms with Gasteiger partial charge >= 0.3 is 6.09 Å². The molecule has 1 aromatic heterocycles. The number of sulfonamides is 1. The van der Waals surface area contributed by atoms with Gasteiger partial charge in [0.2, 0.25) is 21.8 Å². The summed E-state index contributed by atoms with van der Waals surface area (Å²) in [5.41, 5.74) is 0.886. The maximum Gasteiger partial charge on any atom is 0.407 e. The number of carbonyl (C=O) groups excluding carboxylic acids is 2. The Balaban J connectivity index is 1.68. The van der Waals surface area contributed by atoms with Crippen LogP contribution >= 0.6 is 11.6 Å². The minimum absolute atomic E-state index is 0.0281. The lowest BCUT2D eigenvalue weighted by molar-refractivity contribution is -0.118. The number of anilines is 1. The smallest absolute Gasteiger partial charge is 0.407 e. The van der Waals surface area contributed by atoms with Crippen LogP contribution in [-0.4, -0.2) is 70.0 Å². The number of nitrogens with one attached hydrogen (secondary N) is 4. The van der Waals surface area contributed by atoms with E-state index in [1.54, 1.807) is 6.07 Å². The zero-order valence-electron chi connectivity index (χ0n) is 26.3.